The summed E-state index contributed by atoms with van der Waals surface area (Å²) in [6, 6.07) is 14.1. The van der Waals surface area contributed by atoms with Crippen molar-refractivity contribution in [2.24, 2.45) is 0 Å². The fraction of sp³-hybridized carbons (Fsp3) is 0.517. The van der Waals surface area contributed by atoms with E-state index in [0.29, 0.717) is 17.3 Å². The maximum Gasteiger partial charge on any atom is 0.170 e. The molecule has 0 bridgehead atoms. The SMILES string of the molecule is CCC(C)(C)c1ccc(OCCCCNC(=S)Nc2cccc(C(C)=O)c2)c(C(C)(C)CC)c1. The molecular formula is C29H42N2O2S. The predicted molar refractivity (Wildman–Crippen MR) is 148 cm³/mol. The van der Waals surface area contributed by atoms with E-state index in [4.69, 9.17) is 17.0 Å². The fourth-order valence-corrected chi connectivity index (χ4v) is 3.82. The first-order valence-corrected chi connectivity index (χ1v) is 12.8. The highest BCUT2D eigenvalue weighted by Gasteiger charge is 2.26. The number of benzene rings is 2. The van der Waals surface area contributed by atoms with Gasteiger partial charge < -0.3 is 15.4 Å². The van der Waals surface area contributed by atoms with Crippen LogP contribution < -0.4 is 15.4 Å². The smallest absolute Gasteiger partial charge is 0.170 e. The summed E-state index contributed by atoms with van der Waals surface area (Å²) in [7, 11) is 0. The van der Waals surface area contributed by atoms with Crippen LogP contribution in [-0.2, 0) is 10.8 Å². The zero-order valence-electron chi connectivity index (χ0n) is 22.0. The van der Waals surface area contributed by atoms with Crippen LogP contribution in [0.15, 0.2) is 42.5 Å². The minimum absolute atomic E-state index is 0.0386. The first kappa shape index (κ1) is 27.8. The van der Waals surface area contributed by atoms with E-state index in [1.54, 1.807) is 13.0 Å². The maximum atomic E-state index is 11.5. The van der Waals surface area contributed by atoms with E-state index in [2.05, 4.69) is 70.4 Å². The Morgan fingerprint density at radius 3 is 2.32 bits per heavy atom. The minimum Gasteiger partial charge on any atom is -0.493 e. The van der Waals surface area contributed by atoms with Crippen molar-refractivity contribution in [2.45, 2.75) is 85.0 Å². The standard InChI is InChI=1S/C29H42N2O2S/c1-8-28(4,5)23-15-16-26(25(20-23)29(6,7)9-2)33-18-11-10-17-30-27(34)31-24-14-12-13-22(19-24)21(3)32/h12-16,19-20H,8-11,17-18H2,1-7H3,(H2,30,31,34). The number of unbranched alkanes of at least 4 members (excludes halogenated alkanes) is 1. The van der Waals surface area contributed by atoms with Crippen LogP contribution in [0.2, 0.25) is 0 Å². The van der Waals surface area contributed by atoms with Gasteiger partial charge in [0.25, 0.3) is 0 Å². The van der Waals surface area contributed by atoms with Crippen LogP contribution in [0.5, 0.6) is 5.75 Å². The summed E-state index contributed by atoms with van der Waals surface area (Å²) in [5.74, 6) is 1.04. The molecule has 5 heteroatoms. The van der Waals surface area contributed by atoms with Crippen molar-refractivity contribution in [3.05, 3.63) is 59.2 Å². The molecule has 0 aliphatic rings. The van der Waals surface area contributed by atoms with Crippen molar-refractivity contribution in [2.75, 3.05) is 18.5 Å². The highest BCUT2D eigenvalue weighted by atomic mass is 32.1. The Kier molecular flexibility index (Phi) is 10.1. The molecule has 0 unspecified atom stereocenters. The molecule has 0 spiro atoms. The second-order valence-corrected chi connectivity index (χ2v) is 10.7. The molecule has 4 nitrogen and oxygen atoms in total. The van der Waals surface area contributed by atoms with Gasteiger partial charge in [-0.05, 0) is 79.4 Å². The summed E-state index contributed by atoms with van der Waals surface area (Å²) in [5.41, 5.74) is 4.37. The first-order chi connectivity index (χ1) is 16.0. The molecule has 2 N–H and O–H groups in total. The lowest BCUT2D eigenvalue weighted by atomic mass is 9.76. The Bertz CT molecular complexity index is 982. The molecule has 0 aliphatic heterocycles. The van der Waals surface area contributed by atoms with Gasteiger partial charge in [0.2, 0.25) is 0 Å². The normalized spacial score (nSPS) is 11.7. The number of thiocarbonyl (C=S) groups is 1. The molecule has 0 heterocycles. The predicted octanol–water partition coefficient (Wildman–Crippen LogP) is 7.41. The summed E-state index contributed by atoms with van der Waals surface area (Å²) in [4.78, 5) is 11.5. The Labute approximate surface area is 211 Å². The Balaban J connectivity index is 1.86. The van der Waals surface area contributed by atoms with Crippen molar-refractivity contribution in [1.82, 2.24) is 5.32 Å². The molecule has 0 aromatic heterocycles. The van der Waals surface area contributed by atoms with Gasteiger partial charge in [-0.1, -0.05) is 65.8 Å². The number of anilines is 1. The third-order valence-corrected chi connectivity index (χ3v) is 7.15. The van der Waals surface area contributed by atoms with Gasteiger partial charge in [0, 0.05) is 23.4 Å². The number of rotatable bonds is 12. The molecular weight excluding hydrogens is 440 g/mol. The number of carbonyl (C=O) groups excluding carboxylic acids is 1. The fourth-order valence-electron chi connectivity index (χ4n) is 3.60. The van der Waals surface area contributed by atoms with E-state index in [-0.39, 0.29) is 16.6 Å². The Hall–Kier alpha value is -2.40. The monoisotopic (exact) mass is 482 g/mol. The summed E-state index contributed by atoms with van der Waals surface area (Å²) in [6.07, 6.45) is 4.04. The van der Waals surface area contributed by atoms with Crippen molar-refractivity contribution in [1.29, 1.82) is 0 Å². The maximum absolute atomic E-state index is 11.5. The molecule has 34 heavy (non-hydrogen) atoms. The van der Waals surface area contributed by atoms with E-state index in [0.717, 1.165) is 43.7 Å². The lowest BCUT2D eigenvalue weighted by Crippen LogP contribution is -2.29. The van der Waals surface area contributed by atoms with Gasteiger partial charge in [0.05, 0.1) is 6.61 Å². The Morgan fingerprint density at radius 1 is 0.971 bits per heavy atom. The summed E-state index contributed by atoms with van der Waals surface area (Å²) < 4.78 is 6.26. The average Bonchev–Trinajstić information content (AvgIpc) is 2.81. The molecule has 0 atom stereocenters. The minimum atomic E-state index is 0.0386. The molecule has 186 valence electrons. The first-order valence-electron chi connectivity index (χ1n) is 12.4. The molecule has 2 aromatic carbocycles. The topological polar surface area (TPSA) is 50.4 Å². The van der Waals surface area contributed by atoms with Crippen LogP contribution in [0, 0.1) is 0 Å². The molecule has 0 saturated heterocycles. The molecule has 0 amide bonds. The second kappa shape index (κ2) is 12.3. The van der Waals surface area contributed by atoms with E-state index >= 15 is 0 Å². The van der Waals surface area contributed by atoms with Crippen LogP contribution in [0.1, 0.15) is 95.6 Å². The highest BCUT2D eigenvalue weighted by molar-refractivity contribution is 7.80. The van der Waals surface area contributed by atoms with Gasteiger partial charge >= 0.3 is 0 Å². The summed E-state index contributed by atoms with van der Waals surface area (Å²) in [5, 5.41) is 6.94. The van der Waals surface area contributed by atoms with Crippen LogP contribution in [0.4, 0.5) is 5.69 Å². The molecule has 0 saturated carbocycles. The van der Waals surface area contributed by atoms with Gasteiger partial charge in [0.15, 0.2) is 10.9 Å². The highest BCUT2D eigenvalue weighted by Crippen LogP contribution is 2.38. The number of carbonyl (C=O) groups is 1. The van der Waals surface area contributed by atoms with E-state index in [9.17, 15) is 4.79 Å². The quantitative estimate of drug-likeness (QED) is 0.187. The lowest BCUT2D eigenvalue weighted by Gasteiger charge is -2.30. The van der Waals surface area contributed by atoms with Crippen LogP contribution in [-0.4, -0.2) is 24.0 Å². The number of ketones is 1. The van der Waals surface area contributed by atoms with E-state index in [1.165, 1.54) is 11.1 Å². The zero-order chi connectivity index (χ0) is 25.4. The second-order valence-electron chi connectivity index (χ2n) is 10.3. The van der Waals surface area contributed by atoms with Crippen molar-refractivity contribution < 1.29 is 9.53 Å². The summed E-state index contributed by atoms with van der Waals surface area (Å²) >= 11 is 5.38. The number of Topliss-reactive ketones (excluding diaryl/α,β-unsaturated/α-hetero) is 1. The third kappa shape index (κ3) is 7.83. The molecule has 0 fully saturated rings. The van der Waals surface area contributed by atoms with Crippen LogP contribution in [0.3, 0.4) is 0 Å². The van der Waals surface area contributed by atoms with Gasteiger partial charge in [-0.3, -0.25) is 4.79 Å². The number of ether oxygens (including phenoxy) is 1. The number of nitrogens with one attached hydrogen (secondary N) is 2. The van der Waals surface area contributed by atoms with Gasteiger partial charge in [0.1, 0.15) is 5.75 Å². The van der Waals surface area contributed by atoms with Crippen LogP contribution in [0.25, 0.3) is 0 Å². The molecule has 2 aromatic rings. The van der Waals surface area contributed by atoms with Gasteiger partial charge in [-0.25, -0.2) is 0 Å². The number of hydrogen-bond donors (Lipinski definition) is 2. The van der Waals surface area contributed by atoms with E-state index < -0.39 is 0 Å². The van der Waals surface area contributed by atoms with Crippen molar-refractivity contribution >= 4 is 28.8 Å². The third-order valence-electron chi connectivity index (χ3n) is 6.90. The Morgan fingerprint density at radius 2 is 1.68 bits per heavy atom. The molecule has 0 radical (unpaired) electrons. The van der Waals surface area contributed by atoms with Crippen molar-refractivity contribution in [3.63, 3.8) is 0 Å². The zero-order valence-corrected chi connectivity index (χ0v) is 22.8. The summed E-state index contributed by atoms with van der Waals surface area (Å²) in [6.45, 7) is 16.7. The average molecular weight is 483 g/mol. The molecule has 0 aliphatic carbocycles. The largest absolute Gasteiger partial charge is 0.493 e. The van der Waals surface area contributed by atoms with E-state index in [1.807, 2.05) is 18.2 Å². The van der Waals surface area contributed by atoms with Crippen LogP contribution >= 0.6 is 12.2 Å². The van der Waals surface area contributed by atoms with Crippen molar-refractivity contribution in [3.8, 4) is 5.75 Å². The molecule has 2 rings (SSSR count). The lowest BCUT2D eigenvalue weighted by molar-refractivity contribution is 0.101. The number of hydrogen-bond acceptors (Lipinski definition) is 3. The van der Waals surface area contributed by atoms with Gasteiger partial charge in [-0.2, -0.15) is 0 Å². The van der Waals surface area contributed by atoms with Gasteiger partial charge in [-0.15, -0.1) is 0 Å².